The number of nitrogens with one attached hydrogen (secondary N) is 1. The number of hydrogen-bond acceptors (Lipinski definition) is 4. The minimum absolute atomic E-state index is 0.575. The van der Waals surface area contributed by atoms with E-state index in [1.54, 1.807) is 0 Å². The van der Waals surface area contributed by atoms with E-state index in [9.17, 15) is 0 Å². The third-order valence-corrected chi connectivity index (χ3v) is 2.87. The fourth-order valence-electron chi connectivity index (χ4n) is 1.16. The van der Waals surface area contributed by atoms with E-state index >= 15 is 0 Å². The molecule has 6 heteroatoms. The van der Waals surface area contributed by atoms with E-state index in [1.165, 1.54) is 17.7 Å². The van der Waals surface area contributed by atoms with Gasteiger partial charge in [-0.05, 0) is 12.1 Å². The standard InChI is InChI=1S/C10H8ClN3OS/c11-8-3-1-7(2-4-8)9-5-16-10(14-9)12-6-13-15/h1-6,15H,(H,12,13,14). The van der Waals surface area contributed by atoms with Crippen LogP contribution in [-0.4, -0.2) is 16.5 Å². The van der Waals surface area contributed by atoms with Crippen LogP contribution in [-0.2, 0) is 0 Å². The molecule has 2 rings (SSSR count). The van der Waals surface area contributed by atoms with Crippen LogP contribution in [0.2, 0.25) is 5.02 Å². The van der Waals surface area contributed by atoms with E-state index in [2.05, 4.69) is 9.98 Å². The van der Waals surface area contributed by atoms with Gasteiger partial charge in [0.05, 0.1) is 5.69 Å². The number of hydrogen-bond donors (Lipinski definition) is 2. The van der Waals surface area contributed by atoms with E-state index in [-0.39, 0.29) is 0 Å². The first-order chi connectivity index (χ1) is 7.79. The molecule has 0 radical (unpaired) electrons. The fraction of sp³-hybridized carbons (Fsp3) is 0. The highest BCUT2D eigenvalue weighted by atomic mass is 35.5. The second kappa shape index (κ2) is 5.07. The molecular weight excluding hydrogens is 246 g/mol. The Kier molecular flexibility index (Phi) is 3.51. The van der Waals surface area contributed by atoms with Crippen molar-refractivity contribution in [1.82, 2.24) is 10.5 Å². The second-order valence-electron chi connectivity index (χ2n) is 2.91. The predicted octanol–water partition coefficient (Wildman–Crippen LogP) is 3.10. The van der Waals surface area contributed by atoms with Crippen molar-refractivity contribution in [2.75, 3.05) is 0 Å². The molecule has 0 amide bonds. The first kappa shape index (κ1) is 11.1. The lowest BCUT2D eigenvalue weighted by Crippen LogP contribution is -2.00. The molecule has 4 nitrogen and oxygen atoms in total. The highest BCUT2D eigenvalue weighted by molar-refractivity contribution is 7.13. The highest BCUT2D eigenvalue weighted by Gasteiger charge is 2.02. The largest absolute Gasteiger partial charge is 0.290 e. The maximum Gasteiger partial charge on any atom is 0.211 e. The second-order valence-corrected chi connectivity index (χ2v) is 4.18. The van der Waals surface area contributed by atoms with Crippen molar-refractivity contribution in [3.8, 4) is 11.3 Å². The number of hydroxylamine groups is 1. The molecule has 1 aromatic heterocycles. The molecule has 82 valence electrons. The molecule has 0 atom stereocenters. The van der Waals surface area contributed by atoms with Gasteiger partial charge in [-0.3, -0.25) is 10.7 Å². The first-order valence-electron chi connectivity index (χ1n) is 4.43. The molecule has 16 heavy (non-hydrogen) atoms. The fourth-order valence-corrected chi connectivity index (χ4v) is 1.96. The molecule has 0 fully saturated rings. The number of aliphatic imine (C=N–C) groups is 1. The van der Waals surface area contributed by atoms with Gasteiger partial charge in [0.1, 0.15) is 6.34 Å². The summed E-state index contributed by atoms with van der Waals surface area (Å²) in [6.07, 6.45) is 1.17. The third kappa shape index (κ3) is 2.57. The Morgan fingerprint density at radius 1 is 1.38 bits per heavy atom. The van der Waals surface area contributed by atoms with Crippen molar-refractivity contribution >= 4 is 34.4 Å². The molecule has 0 spiro atoms. The van der Waals surface area contributed by atoms with Crippen LogP contribution in [0.5, 0.6) is 0 Å². The monoisotopic (exact) mass is 253 g/mol. The van der Waals surface area contributed by atoms with E-state index in [1.807, 2.05) is 35.1 Å². The summed E-state index contributed by atoms with van der Waals surface area (Å²) in [4.78, 5) is 8.16. The van der Waals surface area contributed by atoms with Crippen LogP contribution in [0.15, 0.2) is 34.6 Å². The Balaban J connectivity index is 2.24. The lowest BCUT2D eigenvalue weighted by molar-refractivity contribution is 0.240. The number of benzene rings is 1. The molecule has 0 bridgehead atoms. The molecule has 1 aromatic carbocycles. The molecular formula is C10H8ClN3OS. The quantitative estimate of drug-likeness (QED) is 0.502. The van der Waals surface area contributed by atoms with Gasteiger partial charge < -0.3 is 0 Å². The zero-order valence-electron chi connectivity index (χ0n) is 8.09. The minimum atomic E-state index is 0.575. The summed E-state index contributed by atoms with van der Waals surface area (Å²) in [5, 5.41) is 11.5. The summed E-state index contributed by atoms with van der Waals surface area (Å²) in [6.45, 7) is 0. The Bertz CT molecular complexity index is 495. The van der Waals surface area contributed by atoms with Gasteiger partial charge in [-0.25, -0.2) is 9.98 Å². The Hall–Kier alpha value is -1.43. The summed E-state index contributed by atoms with van der Waals surface area (Å²) >= 11 is 7.19. The van der Waals surface area contributed by atoms with Crippen LogP contribution < -0.4 is 5.48 Å². The van der Waals surface area contributed by atoms with Crippen LogP contribution in [0, 0.1) is 0 Å². The minimum Gasteiger partial charge on any atom is -0.290 e. The van der Waals surface area contributed by atoms with Gasteiger partial charge in [0, 0.05) is 16.0 Å². The maximum atomic E-state index is 8.34. The van der Waals surface area contributed by atoms with Crippen LogP contribution in [0.4, 0.5) is 5.13 Å². The van der Waals surface area contributed by atoms with Crippen molar-refractivity contribution < 1.29 is 5.21 Å². The summed E-state index contributed by atoms with van der Waals surface area (Å²) in [5.74, 6) is 0. The van der Waals surface area contributed by atoms with Gasteiger partial charge in [-0.15, -0.1) is 11.3 Å². The summed E-state index contributed by atoms with van der Waals surface area (Å²) in [5.41, 5.74) is 3.66. The Labute approximate surface area is 101 Å². The summed E-state index contributed by atoms with van der Waals surface area (Å²) in [6, 6.07) is 7.42. The van der Waals surface area contributed by atoms with Gasteiger partial charge in [0.15, 0.2) is 0 Å². The zero-order valence-corrected chi connectivity index (χ0v) is 9.66. The molecule has 2 aromatic rings. The van der Waals surface area contributed by atoms with Gasteiger partial charge in [-0.2, -0.15) is 0 Å². The average molecular weight is 254 g/mol. The highest BCUT2D eigenvalue weighted by Crippen LogP contribution is 2.27. The number of rotatable bonds is 3. The molecule has 2 N–H and O–H groups in total. The van der Waals surface area contributed by atoms with Gasteiger partial charge in [0.2, 0.25) is 5.13 Å². The molecule has 0 aliphatic rings. The van der Waals surface area contributed by atoms with Crippen LogP contribution >= 0.6 is 22.9 Å². The number of nitrogens with zero attached hydrogens (tertiary/aromatic N) is 2. The lowest BCUT2D eigenvalue weighted by Gasteiger charge is -1.95. The Morgan fingerprint density at radius 3 is 2.81 bits per heavy atom. The lowest BCUT2D eigenvalue weighted by atomic mass is 10.2. The van der Waals surface area contributed by atoms with Crippen molar-refractivity contribution in [3.63, 3.8) is 0 Å². The molecule has 0 saturated carbocycles. The number of halogens is 1. The van der Waals surface area contributed by atoms with Gasteiger partial charge in [-0.1, -0.05) is 23.7 Å². The molecule has 0 saturated heterocycles. The third-order valence-electron chi connectivity index (χ3n) is 1.86. The average Bonchev–Trinajstić information content (AvgIpc) is 2.76. The zero-order chi connectivity index (χ0) is 11.4. The van der Waals surface area contributed by atoms with Gasteiger partial charge in [0.25, 0.3) is 0 Å². The number of thiazole rings is 1. The topological polar surface area (TPSA) is 57.5 Å². The summed E-state index contributed by atoms with van der Waals surface area (Å²) < 4.78 is 0. The van der Waals surface area contributed by atoms with Crippen LogP contribution in [0.3, 0.4) is 0 Å². The smallest absolute Gasteiger partial charge is 0.211 e. The normalized spacial score (nSPS) is 10.9. The predicted molar refractivity (Wildman–Crippen MR) is 65.6 cm³/mol. The molecule has 0 aliphatic carbocycles. The van der Waals surface area contributed by atoms with E-state index in [0.717, 1.165) is 11.3 Å². The number of aromatic nitrogens is 1. The molecule has 0 unspecified atom stereocenters. The van der Waals surface area contributed by atoms with Crippen molar-refractivity contribution in [1.29, 1.82) is 0 Å². The summed E-state index contributed by atoms with van der Waals surface area (Å²) in [7, 11) is 0. The van der Waals surface area contributed by atoms with E-state index in [4.69, 9.17) is 16.8 Å². The van der Waals surface area contributed by atoms with E-state index in [0.29, 0.717) is 10.2 Å². The van der Waals surface area contributed by atoms with Crippen LogP contribution in [0.1, 0.15) is 0 Å². The molecule has 1 heterocycles. The van der Waals surface area contributed by atoms with Crippen molar-refractivity contribution in [2.45, 2.75) is 0 Å². The maximum absolute atomic E-state index is 8.34. The van der Waals surface area contributed by atoms with E-state index < -0.39 is 0 Å². The van der Waals surface area contributed by atoms with Crippen molar-refractivity contribution in [3.05, 3.63) is 34.7 Å². The first-order valence-corrected chi connectivity index (χ1v) is 5.69. The van der Waals surface area contributed by atoms with Crippen LogP contribution in [0.25, 0.3) is 11.3 Å². The molecule has 0 aliphatic heterocycles. The Morgan fingerprint density at radius 2 is 2.12 bits per heavy atom. The van der Waals surface area contributed by atoms with Gasteiger partial charge >= 0.3 is 0 Å². The van der Waals surface area contributed by atoms with Crippen molar-refractivity contribution in [2.24, 2.45) is 4.99 Å². The SMILES string of the molecule is ON/C=N/c1nc(-c2ccc(Cl)cc2)cs1.